The summed E-state index contributed by atoms with van der Waals surface area (Å²) in [5.74, 6) is 1.72. The van der Waals surface area contributed by atoms with Gasteiger partial charge in [0.1, 0.15) is 5.75 Å². The van der Waals surface area contributed by atoms with Crippen molar-refractivity contribution in [1.29, 1.82) is 0 Å². The summed E-state index contributed by atoms with van der Waals surface area (Å²) in [6, 6.07) is 8.67. The van der Waals surface area contributed by atoms with E-state index in [9.17, 15) is 0 Å². The van der Waals surface area contributed by atoms with Crippen molar-refractivity contribution in [1.82, 2.24) is 15.5 Å². The van der Waals surface area contributed by atoms with Crippen molar-refractivity contribution >= 4 is 29.9 Å². The fraction of sp³-hybridized carbons (Fsp3) is 0.562. The lowest BCUT2D eigenvalue weighted by Crippen LogP contribution is -2.43. The standard InChI is InChI=1S/C16H26N4O.HI/c1-17-16(19-12-14-7-5-9-20(14)2)18-11-13-6-4-8-15(10-13)21-3;/h4,6,8,10,14H,5,7,9,11-12H2,1-3H3,(H2,17,18,19);1H. The number of rotatable bonds is 5. The Hall–Kier alpha value is -1.02. The summed E-state index contributed by atoms with van der Waals surface area (Å²) in [6.45, 7) is 2.87. The van der Waals surface area contributed by atoms with Crippen molar-refractivity contribution in [3.8, 4) is 5.75 Å². The quantitative estimate of drug-likeness (QED) is 0.437. The Kier molecular flexibility index (Phi) is 8.55. The molecule has 1 fully saturated rings. The summed E-state index contributed by atoms with van der Waals surface area (Å²) in [4.78, 5) is 6.68. The van der Waals surface area contributed by atoms with Gasteiger partial charge in [0.25, 0.3) is 0 Å². The zero-order chi connectivity index (χ0) is 15.1. The molecule has 1 aliphatic heterocycles. The molecular weight excluding hydrogens is 391 g/mol. The van der Waals surface area contributed by atoms with Gasteiger partial charge in [0.05, 0.1) is 7.11 Å². The van der Waals surface area contributed by atoms with Crippen LogP contribution in [0.1, 0.15) is 18.4 Å². The minimum Gasteiger partial charge on any atom is -0.497 e. The Morgan fingerprint density at radius 1 is 1.41 bits per heavy atom. The van der Waals surface area contributed by atoms with E-state index in [0.29, 0.717) is 6.04 Å². The minimum atomic E-state index is 0. The SMILES string of the molecule is CN=C(NCc1cccc(OC)c1)NCC1CCCN1C.I. The van der Waals surface area contributed by atoms with Crippen LogP contribution < -0.4 is 15.4 Å². The van der Waals surface area contributed by atoms with Gasteiger partial charge in [-0.25, -0.2) is 0 Å². The number of methoxy groups -OCH3 is 1. The smallest absolute Gasteiger partial charge is 0.191 e. The molecule has 0 aliphatic carbocycles. The van der Waals surface area contributed by atoms with Gasteiger partial charge in [0, 0.05) is 26.2 Å². The lowest BCUT2D eigenvalue weighted by atomic mass is 10.2. The third-order valence-corrected chi connectivity index (χ3v) is 3.99. The van der Waals surface area contributed by atoms with Crippen LogP contribution in [0.4, 0.5) is 0 Å². The average Bonchev–Trinajstić information content (AvgIpc) is 2.93. The zero-order valence-electron chi connectivity index (χ0n) is 13.6. The highest BCUT2D eigenvalue weighted by molar-refractivity contribution is 14.0. The Bertz CT molecular complexity index is 481. The van der Waals surface area contributed by atoms with E-state index >= 15 is 0 Å². The molecule has 0 radical (unpaired) electrons. The van der Waals surface area contributed by atoms with E-state index in [1.807, 2.05) is 18.2 Å². The first kappa shape index (κ1) is 19.0. The maximum absolute atomic E-state index is 5.24. The number of hydrogen-bond donors (Lipinski definition) is 2. The third kappa shape index (κ3) is 5.64. The molecule has 1 aliphatic rings. The molecule has 1 unspecified atom stereocenters. The van der Waals surface area contributed by atoms with Gasteiger partial charge in [-0.15, -0.1) is 24.0 Å². The molecule has 0 saturated carbocycles. The van der Waals surface area contributed by atoms with Gasteiger partial charge in [-0.2, -0.15) is 0 Å². The van der Waals surface area contributed by atoms with Crippen molar-refractivity contribution in [2.24, 2.45) is 4.99 Å². The van der Waals surface area contributed by atoms with Crippen LogP contribution in [0, 0.1) is 0 Å². The summed E-state index contributed by atoms with van der Waals surface area (Å²) in [5, 5.41) is 6.75. The molecule has 0 bridgehead atoms. The zero-order valence-corrected chi connectivity index (χ0v) is 16.0. The molecule has 0 aromatic heterocycles. The molecule has 6 heteroatoms. The van der Waals surface area contributed by atoms with E-state index in [1.54, 1.807) is 14.2 Å². The summed E-state index contributed by atoms with van der Waals surface area (Å²) in [6.07, 6.45) is 2.55. The number of halogens is 1. The number of nitrogens with zero attached hydrogens (tertiary/aromatic N) is 2. The van der Waals surface area contributed by atoms with Crippen LogP contribution in [0.3, 0.4) is 0 Å². The van der Waals surface area contributed by atoms with E-state index in [2.05, 4.69) is 33.6 Å². The second-order valence-electron chi connectivity index (χ2n) is 5.43. The molecule has 2 rings (SSSR count). The van der Waals surface area contributed by atoms with Crippen molar-refractivity contribution in [2.75, 3.05) is 34.3 Å². The normalized spacial score (nSPS) is 18.7. The maximum atomic E-state index is 5.24. The summed E-state index contributed by atoms with van der Waals surface area (Å²) in [7, 11) is 5.68. The van der Waals surface area contributed by atoms with E-state index in [-0.39, 0.29) is 24.0 Å². The Labute approximate surface area is 150 Å². The van der Waals surface area contributed by atoms with E-state index in [4.69, 9.17) is 4.74 Å². The topological polar surface area (TPSA) is 48.9 Å². The lowest BCUT2D eigenvalue weighted by Gasteiger charge is -2.21. The van der Waals surface area contributed by atoms with Crippen LogP contribution in [0.25, 0.3) is 0 Å². The third-order valence-electron chi connectivity index (χ3n) is 3.99. The second kappa shape index (κ2) is 9.89. The number of likely N-dealkylation sites (N-methyl/N-ethyl adjacent to an activating group) is 1. The van der Waals surface area contributed by atoms with Crippen LogP contribution in [0.5, 0.6) is 5.75 Å². The first-order valence-electron chi connectivity index (χ1n) is 7.50. The number of guanidine groups is 1. The van der Waals surface area contributed by atoms with Crippen LogP contribution in [-0.4, -0.2) is 51.2 Å². The summed E-state index contributed by atoms with van der Waals surface area (Å²) in [5.41, 5.74) is 1.18. The molecular formula is C16H27IN4O. The van der Waals surface area contributed by atoms with Crippen LogP contribution >= 0.6 is 24.0 Å². The van der Waals surface area contributed by atoms with Crippen molar-refractivity contribution in [2.45, 2.75) is 25.4 Å². The fourth-order valence-corrected chi connectivity index (χ4v) is 2.64. The predicted octanol–water partition coefficient (Wildman–Crippen LogP) is 2.07. The van der Waals surface area contributed by atoms with Gasteiger partial charge in [-0.05, 0) is 44.1 Å². The number of nitrogens with one attached hydrogen (secondary N) is 2. The van der Waals surface area contributed by atoms with Crippen LogP contribution in [0.2, 0.25) is 0 Å². The Balaban J connectivity index is 0.00000242. The molecule has 1 aromatic carbocycles. The van der Waals surface area contributed by atoms with Crippen molar-refractivity contribution in [3.63, 3.8) is 0 Å². The number of likely N-dealkylation sites (tertiary alicyclic amines) is 1. The van der Waals surface area contributed by atoms with Gasteiger partial charge in [-0.1, -0.05) is 12.1 Å². The molecule has 1 atom stereocenters. The first-order valence-corrected chi connectivity index (χ1v) is 7.50. The number of hydrogen-bond acceptors (Lipinski definition) is 3. The fourth-order valence-electron chi connectivity index (χ4n) is 2.64. The molecule has 1 saturated heterocycles. The van der Waals surface area contributed by atoms with Crippen LogP contribution in [-0.2, 0) is 6.54 Å². The number of ether oxygens (including phenoxy) is 1. The average molecular weight is 418 g/mol. The Morgan fingerprint density at radius 2 is 2.23 bits per heavy atom. The van der Waals surface area contributed by atoms with E-state index < -0.39 is 0 Å². The largest absolute Gasteiger partial charge is 0.497 e. The highest BCUT2D eigenvalue weighted by Gasteiger charge is 2.20. The second-order valence-corrected chi connectivity index (χ2v) is 5.43. The molecule has 0 amide bonds. The van der Waals surface area contributed by atoms with Gasteiger partial charge >= 0.3 is 0 Å². The minimum absolute atomic E-state index is 0. The van der Waals surface area contributed by atoms with Gasteiger partial charge < -0.3 is 20.3 Å². The predicted molar refractivity (Wildman–Crippen MR) is 102 cm³/mol. The molecule has 0 spiro atoms. The van der Waals surface area contributed by atoms with Gasteiger partial charge in [0.15, 0.2) is 5.96 Å². The summed E-state index contributed by atoms with van der Waals surface area (Å²) >= 11 is 0. The van der Waals surface area contributed by atoms with E-state index in [0.717, 1.165) is 24.8 Å². The number of benzene rings is 1. The number of aliphatic imine (C=N–C) groups is 1. The van der Waals surface area contributed by atoms with Crippen LogP contribution in [0.15, 0.2) is 29.3 Å². The van der Waals surface area contributed by atoms with Gasteiger partial charge in [-0.3, -0.25) is 4.99 Å². The lowest BCUT2D eigenvalue weighted by molar-refractivity contribution is 0.309. The highest BCUT2D eigenvalue weighted by atomic mass is 127. The van der Waals surface area contributed by atoms with Gasteiger partial charge in [0.2, 0.25) is 0 Å². The molecule has 124 valence electrons. The molecule has 5 nitrogen and oxygen atoms in total. The molecule has 1 heterocycles. The molecule has 1 aromatic rings. The first-order chi connectivity index (χ1) is 10.2. The highest BCUT2D eigenvalue weighted by Crippen LogP contribution is 2.13. The molecule has 22 heavy (non-hydrogen) atoms. The monoisotopic (exact) mass is 418 g/mol. The van der Waals surface area contributed by atoms with Crippen molar-refractivity contribution in [3.05, 3.63) is 29.8 Å². The maximum Gasteiger partial charge on any atom is 0.191 e. The summed E-state index contributed by atoms with van der Waals surface area (Å²) < 4.78 is 5.24. The molecule has 2 N–H and O–H groups in total. The van der Waals surface area contributed by atoms with E-state index in [1.165, 1.54) is 24.9 Å². The van der Waals surface area contributed by atoms with Crippen molar-refractivity contribution < 1.29 is 4.74 Å². The Morgan fingerprint density at radius 3 is 2.86 bits per heavy atom.